The fraction of sp³-hybridized carbons (Fsp3) is 0. The van der Waals surface area contributed by atoms with Gasteiger partial charge in [-0.2, -0.15) is 0 Å². The maximum Gasteiger partial charge on any atom is 0.148 e. The molecule has 0 amide bonds. The van der Waals surface area contributed by atoms with E-state index in [1.807, 2.05) is 0 Å². The van der Waals surface area contributed by atoms with Crippen molar-refractivity contribution < 1.29 is 4.42 Å². The van der Waals surface area contributed by atoms with Gasteiger partial charge in [-0.3, -0.25) is 0 Å². The molecule has 0 fully saturated rings. The van der Waals surface area contributed by atoms with E-state index in [2.05, 4.69) is 228 Å². The molecular weight excluding hydrogens is 725 g/mol. The molecule has 274 valence electrons. The summed E-state index contributed by atoms with van der Waals surface area (Å²) in [6.45, 7) is 0. The molecule has 12 rings (SSSR count). The van der Waals surface area contributed by atoms with Crippen LogP contribution in [-0.4, -0.2) is 9.13 Å². The summed E-state index contributed by atoms with van der Waals surface area (Å²) in [5.74, 6) is 0. The van der Waals surface area contributed by atoms with E-state index in [1.165, 1.54) is 52.2 Å². The third kappa shape index (κ3) is 4.70. The summed E-state index contributed by atoms with van der Waals surface area (Å²) < 4.78 is 11.9. The number of rotatable bonds is 6. The maximum absolute atomic E-state index is 7.04. The van der Waals surface area contributed by atoms with Gasteiger partial charge in [-0.05, 0) is 91.0 Å². The third-order valence-corrected chi connectivity index (χ3v) is 15.7. The number of furan rings is 1. The Morgan fingerprint density at radius 1 is 0.310 bits per heavy atom. The summed E-state index contributed by atoms with van der Waals surface area (Å²) in [5, 5.41) is 7.16. The molecule has 3 heterocycles. The number of hydrogen-bond donors (Lipinski definition) is 0. The molecule has 9 aromatic carbocycles. The zero-order valence-corrected chi connectivity index (χ0v) is 32.3. The largest absolute Gasteiger partial charge is 0.455 e. The summed E-state index contributed by atoms with van der Waals surface area (Å²) >= 11 is 0. The van der Waals surface area contributed by atoms with E-state index < -0.39 is 10.0 Å². The van der Waals surface area contributed by atoms with E-state index >= 15 is 0 Å². The van der Waals surface area contributed by atoms with Crippen LogP contribution < -0.4 is 0 Å². The molecule has 0 aliphatic carbocycles. The summed E-state index contributed by atoms with van der Waals surface area (Å²) in [6, 6.07) is 79.7. The lowest BCUT2D eigenvalue weighted by Gasteiger charge is -2.42. The minimum absolute atomic E-state index is 0.886. The average molecular weight is 761 g/mol. The van der Waals surface area contributed by atoms with Crippen LogP contribution in [0.4, 0.5) is 0 Å². The second-order valence-corrected chi connectivity index (χ2v) is 18.0. The third-order valence-electron chi connectivity index (χ3n) is 11.8. The van der Waals surface area contributed by atoms with E-state index in [1.54, 1.807) is 0 Å². The number of hydrogen-bond acceptors (Lipinski definition) is 1. The van der Waals surface area contributed by atoms with E-state index in [0.717, 1.165) is 44.3 Å². The molecular formula is C54H36N2OS. The molecule has 58 heavy (non-hydrogen) atoms. The molecule has 0 unspecified atom stereocenters. The Balaban J connectivity index is 1.21. The second-order valence-electron chi connectivity index (χ2n) is 14.9. The van der Waals surface area contributed by atoms with Crippen LogP contribution in [0.1, 0.15) is 0 Å². The SMILES string of the molecule is c1ccc(S(c2ccccc2)(c2ccccc2)c2cc(-n3c4ccccc4c4cc(-n5c6ccccc6c6ccccc65)ccc43)cc3c2oc2ccccc23)cc1. The molecule has 0 saturated carbocycles. The Labute approximate surface area is 336 Å². The van der Waals surface area contributed by atoms with Gasteiger partial charge < -0.3 is 13.6 Å². The number of aromatic nitrogens is 2. The Morgan fingerprint density at radius 3 is 1.28 bits per heavy atom. The van der Waals surface area contributed by atoms with Crippen LogP contribution in [0.5, 0.6) is 0 Å². The van der Waals surface area contributed by atoms with Gasteiger partial charge in [-0.25, -0.2) is 0 Å². The molecule has 4 heteroatoms. The summed E-state index contributed by atoms with van der Waals surface area (Å²) in [5.41, 5.74) is 8.78. The predicted molar refractivity (Wildman–Crippen MR) is 242 cm³/mol. The predicted octanol–water partition coefficient (Wildman–Crippen LogP) is 15.1. The molecule has 0 saturated heterocycles. The molecule has 3 aromatic heterocycles. The highest BCUT2D eigenvalue weighted by atomic mass is 32.3. The highest BCUT2D eigenvalue weighted by Gasteiger charge is 2.37. The van der Waals surface area contributed by atoms with E-state index in [4.69, 9.17) is 4.42 Å². The van der Waals surface area contributed by atoms with Crippen molar-refractivity contribution in [3.8, 4) is 11.4 Å². The lowest BCUT2D eigenvalue weighted by atomic mass is 10.1. The first-order chi connectivity index (χ1) is 28.8. The van der Waals surface area contributed by atoms with E-state index in [9.17, 15) is 0 Å². The van der Waals surface area contributed by atoms with Crippen molar-refractivity contribution in [3.63, 3.8) is 0 Å². The van der Waals surface area contributed by atoms with Gasteiger partial charge in [0.05, 0.1) is 22.1 Å². The van der Waals surface area contributed by atoms with Crippen molar-refractivity contribution in [1.82, 2.24) is 9.13 Å². The highest BCUT2D eigenvalue weighted by Crippen LogP contribution is 2.75. The zero-order valence-electron chi connectivity index (χ0n) is 31.5. The summed E-state index contributed by atoms with van der Waals surface area (Å²) in [4.78, 5) is 4.94. The van der Waals surface area contributed by atoms with Crippen LogP contribution in [0, 0.1) is 0 Å². The first kappa shape index (κ1) is 32.9. The van der Waals surface area contributed by atoms with Crippen molar-refractivity contribution >= 4 is 75.6 Å². The molecule has 12 aromatic rings. The van der Waals surface area contributed by atoms with Crippen molar-refractivity contribution in [3.05, 3.63) is 218 Å². The molecule has 3 nitrogen and oxygen atoms in total. The van der Waals surface area contributed by atoms with Crippen LogP contribution in [0.3, 0.4) is 0 Å². The fourth-order valence-corrected chi connectivity index (χ4v) is 13.4. The van der Waals surface area contributed by atoms with Gasteiger partial charge in [0.15, 0.2) is 0 Å². The van der Waals surface area contributed by atoms with Gasteiger partial charge in [0.2, 0.25) is 0 Å². The van der Waals surface area contributed by atoms with E-state index in [-0.39, 0.29) is 0 Å². The second kappa shape index (κ2) is 12.9. The molecule has 0 atom stereocenters. The van der Waals surface area contributed by atoms with Crippen LogP contribution in [0.15, 0.2) is 242 Å². The quantitative estimate of drug-likeness (QED) is 0.166. The zero-order chi connectivity index (χ0) is 38.2. The van der Waals surface area contributed by atoms with Crippen LogP contribution in [0.2, 0.25) is 0 Å². The standard InChI is InChI=1S/C54H36N2OS/c1-4-18-39(19-5-1)58(40-20-6-2-7-21-40,41-22-8-3-9-23-41)53-36-38(35-47-45-27-13-17-31-52(45)57-54(47)53)56-50-30-16-12-26-44(50)46-34-37(32-33-51(46)56)55-48-28-14-10-24-42(48)43-25-11-15-29-49(43)55/h1-36H. The molecule has 0 bridgehead atoms. The Hall–Kier alpha value is -7.27. The summed E-state index contributed by atoms with van der Waals surface area (Å²) in [6.07, 6.45) is 0. The first-order valence-corrected chi connectivity index (χ1v) is 21.4. The lowest BCUT2D eigenvalue weighted by Crippen LogP contribution is -2.06. The average Bonchev–Trinajstić information content (AvgIpc) is 3.95. The van der Waals surface area contributed by atoms with Gasteiger partial charge in [0.25, 0.3) is 0 Å². The van der Waals surface area contributed by atoms with Gasteiger partial charge in [-0.1, -0.05) is 127 Å². The van der Waals surface area contributed by atoms with E-state index in [0.29, 0.717) is 0 Å². The Bertz CT molecular complexity index is 3360. The van der Waals surface area contributed by atoms with Gasteiger partial charge >= 0.3 is 0 Å². The van der Waals surface area contributed by atoms with Crippen LogP contribution in [0.25, 0.3) is 76.9 Å². The Morgan fingerprint density at radius 2 is 0.724 bits per heavy atom. The molecule has 0 N–H and O–H groups in total. The first-order valence-electron chi connectivity index (χ1n) is 19.8. The molecule has 0 aliphatic rings. The topological polar surface area (TPSA) is 23.0 Å². The van der Waals surface area contributed by atoms with Crippen molar-refractivity contribution in [1.29, 1.82) is 0 Å². The summed E-state index contributed by atoms with van der Waals surface area (Å²) in [7, 11) is -2.09. The number of benzene rings is 9. The maximum atomic E-state index is 7.04. The molecule has 0 aliphatic heterocycles. The van der Waals surface area contributed by atoms with Crippen LogP contribution in [-0.2, 0) is 0 Å². The molecule has 0 spiro atoms. The normalized spacial score (nSPS) is 12.4. The highest BCUT2D eigenvalue weighted by molar-refractivity contribution is 8.34. The van der Waals surface area contributed by atoms with Gasteiger partial charge in [0.1, 0.15) is 11.2 Å². The van der Waals surface area contributed by atoms with Crippen LogP contribution >= 0.6 is 10.0 Å². The van der Waals surface area contributed by atoms with Crippen molar-refractivity contribution in [2.45, 2.75) is 19.6 Å². The smallest absolute Gasteiger partial charge is 0.148 e. The number of fused-ring (bicyclic) bond motifs is 9. The minimum atomic E-state index is -2.09. The Kier molecular flexibility index (Phi) is 7.31. The van der Waals surface area contributed by atoms with Gasteiger partial charge in [0, 0.05) is 63.3 Å². The number of para-hydroxylation sites is 4. The van der Waals surface area contributed by atoms with Crippen molar-refractivity contribution in [2.24, 2.45) is 0 Å². The molecule has 0 radical (unpaired) electrons. The minimum Gasteiger partial charge on any atom is -0.455 e. The monoisotopic (exact) mass is 760 g/mol. The van der Waals surface area contributed by atoms with Gasteiger partial charge in [-0.15, -0.1) is 10.0 Å². The lowest BCUT2D eigenvalue weighted by molar-refractivity contribution is 0.659. The van der Waals surface area contributed by atoms with Crippen molar-refractivity contribution in [2.75, 3.05) is 0 Å². The number of nitrogens with zero attached hydrogens (tertiary/aromatic N) is 2. The fourth-order valence-electron chi connectivity index (χ4n) is 9.38.